The molecule has 0 atom stereocenters. The zero-order valence-corrected chi connectivity index (χ0v) is 13.9. The maximum absolute atomic E-state index is 5.39. The minimum atomic E-state index is 0.771. The monoisotopic (exact) mass is 299 g/mol. The van der Waals surface area contributed by atoms with Crippen LogP contribution in [0.25, 0.3) is 0 Å². The fraction of sp³-hybridized carbons (Fsp3) is 0.368. The standard InChI is InChI=1S/C19H25NO2/c1-5-20(14-17-9-7-6-8-15(17)2)13-16-10-11-18(21-3)19(12-16)22-4/h6-12H,5,13-14H2,1-4H3. The number of methoxy groups -OCH3 is 2. The van der Waals surface area contributed by atoms with Crippen molar-refractivity contribution in [3.8, 4) is 11.5 Å². The van der Waals surface area contributed by atoms with Gasteiger partial charge >= 0.3 is 0 Å². The van der Waals surface area contributed by atoms with Crippen LogP contribution in [0.2, 0.25) is 0 Å². The Kier molecular flexibility index (Phi) is 5.84. The first-order valence-corrected chi connectivity index (χ1v) is 7.65. The van der Waals surface area contributed by atoms with E-state index in [9.17, 15) is 0 Å². The van der Waals surface area contributed by atoms with Crippen molar-refractivity contribution in [2.45, 2.75) is 26.9 Å². The Morgan fingerprint density at radius 2 is 1.64 bits per heavy atom. The molecule has 0 amide bonds. The van der Waals surface area contributed by atoms with Gasteiger partial charge in [0, 0.05) is 13.1 Å². The Morgan fingerprint density at radius 3 is 2.27 bits per heavy atom. The van der Waals surface area contributed by atoms with Gasteiger partial charge in [-0.3, -0.25) is 4.90 Å². The highest BCUT2D eigenvalue weighted by Crippen LogP contribution is 2.28. The first kappa shape index (κ1) is 16.4. The Bertz CT molecular complexity index is 610. The van der Waals surface area contributed by atoms with Gasteiger partial charge in [0.25, 0.3) is 0 Å². The highest BCUT2D eigenvalue weighted by atomic mass is 16.5. The van der Waals surface area contributed by atoms with Gasteiger partial charge in [0.1, 0.15) is 0 Å². The molecule has 2 rings (SSSR count). The molecule has 0 unspecified atom stereocenters. The lowest BCUT2D eigenvalue weighted by molar-refractivity contribution is 0.270. The van der Waals surface area contributed by atoms with Crippen LogP contribution in [0.3, 0.4) is 0 Å². The number of hydrogen-bond acceptors (Lipinski definition) is 3. The third-order valence-electron chi connectivity index (χ3n) is 3.96. The van der Waals surface area contributed by atoms with Crippen LogP contribution in [-0.4, -0.2) is 25.7 Å². The van der Waals surface area contributed by atoms with Crippen LogP contribution in [0.1, 0.15) is 23.6 Å². The number of hydrogen-bond donors (Lipinski definition) is 0. The summed E-state index contributed by atoms with van der Waals surface area (Å²) in [7, 11) is 3.33. The van der Waals surface area contributed by atoms with Crippen molar-refractivity contribution >= 4 is 0 Å². The molecule has 0 saturated carbocycles. The first-order valence-electron chi connectivity index (χ1n) is 7.65. The lowest BCUT2D eigenvalue weighted by Crippen LogP contribution is -2.22. The second-order valence-electron chi connectivity index (χ2n) is 5.42. The molecule has 0 fully saturated rings. The number of nitrogens with zero attached hydrogens (tertiary/aromatic N) is 1. The van der Waals surface area contributed by atoms with Gasteiger partial charge in [0.05, 0.1) is 14.2 Å². The van der Waals surface area contributed by atoms with Gasteiger partial charge in [-0.15, -0.1) is 0 Å². The van der Waals surface area contributed by atoms with Crippen molar-refractivity contribution < 1.29 is 9.47 Å². The fourth-order valence-corrected chi connectivity index (χ4v) is 2.55. The fourth-order valence-electron chi connectivity index (χ4n) is 2.55. The summed E-state index contributed by atoms with van der Waals surface area (Å²) < 4.78 is 10.7. The van der Waals surface area contributed by atoms with Crippen molar-refractivity contribution in [2.24, 2.45) is 0 Å². The van der Waals surface area contributed by atoms with Gasteiger partial charge in [-0.25, -0.2) is 0 Å². The van der Waals surface area contributed by atoms with Crippen LogP contribution in [-0.2, 0) is 13.1 Å². The molecule has 118 valence electrons. The molecule has 0 heterocycles. The second-order valence-corrected chi connectivity index (χ2v) is 5.42. The zero-order chi connectivity index (χ0) is 15.9. The summed E-state index contributed by atoms with van der Waals surface area (Å²) in [6, 6.07) is 14.7. The Morgan fingerprint density at radius 1 is 0.909 bits per heavy atom. The van der Waals surface area contributed by atoms with Crippen molar-refractivity contribution in [2.75, 3.05) is 20.8 Å². The van der Waals surface area contributed by atoms with Crippen LogP contribution < -0.4 is 9.47 Å². The van der Waals surface area contributed by atoms with Gasteiger partial charge in [-0.1, -0.05) is 37.3 Å². The molecule has 2 aromatic carbocycles. The molecule has 0 spiro atoms. The highest BCUT2D eigenvalue weighted by molar-refractivity contribution is 5.42. The summed E-state index contributed by atoms with van der Waals surface area (Å²) in [6.07, 6.45) is 0. The molecular weight excluding hydrogens is 274 g/mol. The Labute approximate surface area is 133 Å². The number of ether oxygens (including phenoxy) is 2. The van der Waals surface area contributed by atoms with Crippen molar-refractivity contribution in [3.63, 3.8) is 0 Å². The maximum atomic E-state index is 5.39. The largest absolute Gasteiger partial charge is 0.493 e. The first-order chi connectivity index (χ1) is 10.7. The summed E-state index contributed by atoms with van der Waals surface area (Å²) in [5.41, 5.74) is 3.95. The third kappa shape index (κ3) is 4.01. The Balaban J connectivity index is 2.12. The van der Waals surface area contributed by atoms with E-state index < -0.39 is 0 Å². The molecule has 0 N–H and O–H groups in total. The highest BCUT2D eigenvalue weighted by Gasteiger charge is 2.09. The summed E-state index contributed by atoms with van der Waals surface area (Å²) >= 11 is 0. The normalized spacial score (nSPS) is 10.8. The molecular formula is C19H25NO2. The van der Waals surface area contributed by atoms with Crippen LogP contribution in [0, 0.1) is 6.92 Å². The van der Waals surface area contributed by atoms with E-state index in [1.54, 1.807) is 14.2 Å². The summed E-state index contributed by atoms with van der Waals surface area (Å²) in [6.45, 7) is 7.21. The molecule has 2 aromatic rings. The SMILES string of the molecule is CCN(Cc1ccc(OC)c(OC)c1)Cc1ccccc1C. The van der Waals surface area contributed by atoms with Crippen molar-refractivity contribution in [1.29, 1.82) is 0 Å². The van der Waals surface area contributed by atoms with E-state index >= 15 is 0 Å². The molecule has 0 aromatic heterocycles. The van der Waals surface area contributed by atoms with Crippen molar-refractivity contribution in [3.05, 3.63) is 59.2 Å². The lowest BCUT2D eigenvalue weighted by atomic mass is 10.1. The number of benzene rings is 2. The summed E-state index contributed by atoms with van der Waals surface area (Å²) in [5, 5.41) is 0. The quantitative estimate of drug-likeness (QED) is 0.770. The van der Waals surface area contributed by atoms with Crippen LogP contribution >= 0.6 is 0 Å². The van der Waals surface area contributed by atoms with E-state index in [2.05, 4.69) is 55.1 Å². The predicted octanol–water partition coefficient (Wildman–Crippen LogP) is 4.03. The van der Waals surface area contributed by atoms with E-state index in [-0.39, 0.29) is 0 Å². The topological polar surface area (TPSA) is 21.7 Å². The van der Waals surface area contributed by atoms with Gasteiger partial charge < -0.3 is 9.47 Å². The molecule has 0 aliphatic heterocycles. The van der Waals surface area contributed by atoms with E-state index in [0.29, 0.717) is 0 Å². The Hall–Kier alpha value is -2.00. The minimum Gasteiger partial charge on any atom is -0.493 e. The second kappa shape index (κ2) is 7.85. The molecule has 0 aliphatic carbocycles. The smallest absolute Gasteiger partial charge is 0.161 e. The molecule has 0 aliphatic rings. The average Bonchev–Trinajstić information content (AvgIpc) is 2.56. The minimum absolute atomic E-state index is 0.771. The van der Waals surface area contributed by atoms with Gasteiger partial charge in [-0.2, -0.15) is 0 Å². The molecule has 0 bridgehead atoms. The van der Waals surface area contributed by atoms with E-state index in [1.165, 1.54) is 16.7 Å². The van der Waals surface area contributed by atoms with Crippen molar-refractivity contribution in [1.82, 2.24) is 4.90 Å². The van der Waals surface area contributed by atoms with E-state index in [0.717, 1.165) is 31.1 Å². The van der Waals surface area contributed by atoms with Gasteiger partial charge in [0.2, 0.25) is 0 Å². The average molecular weight is 299 g/mol. The zero-order valence-electron chi connectivity index (χ0n) is 13.9. The van der Waals surface area contributed by atoms with Crippen LogP contribution in [0.5, 0.6) is 11.5 Å². The van der Waals surface area contributed by atoms with Gasteiger partial charge in [0.15, 0.2) is 11.5 Å². The summed E-state index contributed by atoms with van der Waals surface area (Å²) in [4.78, 5) is 2.42. The lowest BCUT2D eigenvalue weighted by Gasteiger charge is -2.22. The van der Waals surface area contributed by atoms with Crippen LogP contribution in [0.15, 0.2) is 42.5 Å². The van der Waals surface area contributed by atoms with Gasteiger partial charge in [-0.05, 0) is 42.3 Å². The molecule has 3 nitrogen and oxygen atoms in total. The molecule has 22 heavy (non-hydrogen) atoms. The van der Waals surface area contributed by atoms with Crippen LogP contribution in [0.4, 0.5) is 0 Å². The third-order valence-corrected chi connectivity index (χ3v) is 3.96. The molecule has 3 heteroatoms. The van der Waals surface area contributed by atoms with E-state index in [1.807, 2.05) is 6.07 Å². The number of rotatable bonds is 7. The molecule has 0 radical (unpaired) electrons. The maximum Gasteiger partial charge on any atom is 0.161 e. The molecule has 0 saturated heterocycles. The number of aryl methyl sites for hydroxylation is 1. The predicted molar refractivity (Wildman–Crippen MR) is 90.5 cm³/mol. The summed E-state index contributed by atoms with van der Waals surface area (Å²) in [5.74, 6) is 1.56. The van der Waals surface area contributed by atoms with E-state index in [4.69, 9.17) is 9.47 Å².